The molecule has 3 heteroatoms. The van der Waals surface area contributed by atoms with Crippen molar-refractivity contribution in [2.75, 3.05) is 0 Å². The molecule has 0 N–H and O–H groups in total. The highest BCUT2D eigenvalue weighted by atomic mass is 16.6. The average molecular weight is 313 g/mol. The highest BCUT2D eigenvalue weighted by molar-refractivity contribution is 5.26. The first-order valence-electron chi connectivity index (χ1n) is 8.14. The van der Waals surface area contributed by atoms with Gasteiger partial charge in [-0.05, 0) is 64.5 Å². The van der Waals surface area contributed by atoms with E-state index in [0.29, 0.717) is 0 Å². The van der Waals surface area contributed by atoms with Crippen LogP contribution in [0.15, 0.2) is 59.8 Å². The molecule has 0 bridgehead atoms. The molecular weight excluding hydrogens is 286 g/mol. The van der Waals surface area contributed by atoms with Crippen LogP contribution in [0.25, 0.3) is 0 Å². The third kappa shape index (κ3) is 9.46. The number of hydrogen-bond donors (Lipinski definition) is 0. The fourth-order valence-electron chi connectivity index (χ4n) is 2.45. The quantitative estimate of drug-likeness (QED) is 0.251. The topological polar surface area (TPSA) is 43.1 Å². The van der Waals surface area contributed by atoms with Crippen LogP contribution in [0.3, 0.4) is 0 Å². The summed E-state index contributed by atoms with van der Waals surface area (Å²) in [5.74, 6) is 0. The summed E-state index contributed by atoms with van der Waals surface area (Å²) in [6.07, 6.45) is 11.8. The number of aryl methyl sites for hydroxylation is 1. The molecule has 0 saturated heterocycles. The lowest BCUT2D eigenvalue weighted by atomic mass is 10.0. The van der Waals surface area contributed by atoms with Crippen LogP contribution in [0.2, 0.25) is 0 Å². The average Bonchev–Trinajstić information content (AvgIpc) is 2.46. The Morgan fingerprint density at radius 1 is 1.13 bits per heavy atom. The molecule has 0 fully saturated rings. The second-order valence-electron chi connectivity index (χ2n) is 6.05. The molecule has 23 heavy (non-hydrogen) atoms. The van der Waals surface area contributed by atoms with E-state index in [2.05, 4.69) is 57.2 Å². The van der Waals surface area contributed by atoms with E-state index in [1.165, 1.54) is 22.3 Å². The molecular formula is C20H27NO2. The van der Waals surface area contributed by atoms with Gasteiger partial charge in [0.1, 0.15) is 0 Å². The molecule has 0 aromatic heterocycles. The van der Waals surface area contributed by atoms with Crippen LogP contribution in [-0.2, 0) is 6.42 Å². The summed E-state index contributed by atoms with van der Waals surface area (Å²) in [5.41, 5.74) is 5.42. The van der Waals surface area contributed by atoms with Crippen LogP contribution in [0, 0.1) is 17.0 Å². The summed E-state index contributed by atoms with van der Waals surface area (Å²) < 4.78 is 0. The molecule has 0 aliphatic carbocycles. The summed E-state index contributed by atoms with van der Waals surface area (Å²) in [6.45, 7) is 6.43. The molecule has 3 nitrogen and oxygen atoms in total. The minimum Gasteiger partial charge on any atom is -0.259 e. The first-order valence-corrected chi connectivity index (χ1v) is 8.14. The molecule has 0 atom stereocenters. The fourth-order valence-corrected chi connectivity index (χ4v) is 2.45. The summed E-state index contributed by atoms with van der Waals surface area (Å²) >= 11 is 0. The number of nitro groups is 1. The first kappa shape index (κ1) is 18.9. The standard InChI is InChI=1S/C20H27NO2/c1-17(9-5-4-6-14-21(22)23)10-7-11-18(2)15-20-13-8-12-19(3)16-20/h6,8-9,11-14,16H,4-5,7,10,15H2,1-3H3/b14-6+,17-9+,18-11+. The van der Waals surface area contributed by atoms with Gasteiger partial charge in [-0.2, -0.15) is 0 Å². The maximum absolute atomic E-state index is 10.1. The number of allylic oxidation sites excluding steroid dienone is 5. The van der Waals surface area contributed by atoms with Crippen LogP contribution in [-0.4, -0.2) is 4.92 Å². The molecule has 0 radical (unpaired) electrons. The zero-order valence-corrected chi connectivity index (χ0v) is 14.4. The van der Waals surface area contributed by atoms with Gasteiger partial charge in [0, 0.05) is 0 Å². The Bertz CT molecular complexity index is 597. The maximum atomic E-state index is 10.1. The molecule has 0 aliphatic rings. The molecule has 1 aromatic carbocycles. The number of nitrogens with zero attached hydrogens (tertiary/aromatic N) is 1. The van der Waals surface area contributed by atoms with Crippen LogP contribution in [0.4, 0.5) is 0 Å². The van der Waals surface area contributed by atoms with E-state index in [0.717, 1.165) is 38.3 Å². The van der Waals surface area contributed by atoms with E-state index in [1.807, 2.05) is 0 Å². The van der Waals surface area contributed by atoms with Crippen molar-refractivity contribution in [3.05, 3.63) is 81.1 Å². The van der Waals surface area contributed by atoms with Gasteiger partial charge in [-0.3, -0.25) is 10.1 Å². The Balaban J connectivity index is 2.32. The van der Waals surface area contributed by atoms with Gasteiger partial charge in [0.25, 0.3) is 0 Å². The second-order valence-corrected chi connectivity index (χ2v) is 6.05. The van der Waals surface area contributed by atoms with Crippen LogP contribution in [0.1, 0.15) is 50.7 Å². The number of unbranched alkanes of at least 4 members (excludes halogenated alkanes) is 1. The van der Waals surface area contributed by atoms with Gasteiger partial charge in [-0.15, -0.1) is 0 Å². The lowest BCUT2D eigenvalue weighted by Crippen LogP contribution is -1.88. The molecule has 0 heterocycles. The predicted octanol–water partition coefficient (Wildman–Crippen LogP) is 5.78. The van der Waals surface area contributed by atoms with Crippen LogP contribution in [0.5, 0.6) is 0 Å². The highest BCUT2D eigenvalue weighted by Gasteiger charge is 1.96. The number of rotatable bonds is 9. The molecule has 0 unspecified atom stereocenters. The van der Waals surface area contributed by atoms with E-state index in [-0.39, 0.29) is 0 Å². The van der Waals surface area contributed by atoms with Crippen molar-refractivity contribution in [3.8, 4) is 0 Å². The predicted molar refractivity (Wildman–Crippen MR) is 97.0 cm³/mol. The Kier molecular flexibility index (Phi) is 8.66. The van der Waals surface area contributed by atoms with E-state index >= 15 is 0 Å². The minimum absolute atomic E-state index is 0.418. The minimum atomic E-state index is -0.418. The van der Waals surface area contributed by atoms with Gasteiger partial charge >= 0.3 is 0 Å². The van der Waals surface area contributed by atoms with Crippen molar-refractivity contribution in [1.29, 1.82) is 0 Å². The molecule has 1 aromatic rings. The normalized spacial score (nSPS) is 12.8. The lowest BCUT2D eigenvalue weighted by molar-refractivity contribution is -0.402. The summed E-state index contributed by atoms with van der Waals surface area (Å²) in [5, 5.41) is 10.1. The highest BCUT2D eigenvalue weighted by Crippen LogP contribution is 2.13. The second kappa shape index (κ2) is 10.5. The van der Waals surface area contributed by atoms with Crippen molar-refractivity contribution < 1.29 is 4.92 Å². The zero-order chi connectivity index (χ0) is 17.1. The van der Waals surface area contributed by atoms with Crippen LogP contribution < -0.4 is 0 Å². The fraction of sp³-hybridized carbons (Fsp3) is 0.400. The number of benzene rings is 1. The Morgan fingerprint density at radius 2 is 1.87 bits per heavy atom. The number of hydrogen-bond acceptors (Lipinski definition) is 2. The summed E-state index contributed by atoms with van der Waals surface area (Å²) in [7, 11) is 0. The summed E-state index contributed by atoms with van der Waals surface area (Å²) in [4.78, 5) is 9.73. The van der Waals surface area contributed by atoms with Gasteiger partial charge in [0.2, 0.25) is 6.20 Å². The van der Waals surface area contributed by atoms with Crippen molar-refractivity contribution in [1.82, 2.24) is 0 Å². The molecule has 0 amide bonds. The smallest absolute Gasteiger partial charge is 0.230 e. The van der Waals surface area contributed by atoms with Gasteiger partial charge in [0.05, 0.1) is 4.92 Å². The van der Waals surface area contributed by atoms with Gasteiger partial charge in [0.15, 0.2) is 0 Å². The Morgan fingerprint density at radius 3 is 2.57 bits per heavy atom. The molecule has 0 saturated carbocycles. The molecule has 124 valence electrons. The van der Waals surface area contributed by atoms with Gasteiger partial charge < -0.3 is 0 Å². The molecule has 0 spiro atoms. The third-order valence-corrected chi connectivity index (χ3v) is 3.65. The molecule has 0 aliphatic heterocycles. The van der Waals surface area contributed by atoms with Crippen molar-refractivity contribution in [3.63, 3.8) is 0 Å². The largest absolute Gasteiger partial charge is 0.259 e. The Labute approximate surface area is 139 Å². The van der Waals surface area contributed by atoms with Crippen molar-refractivity contribution in [2.45, 2.75) is 52.9 Å². The van der Waals surface area contributed by atoms with E-state index in [9.17, 15) is 10.1 Å². The zero-order valence-electron chi connectivity index (χ0n) is 14.4. The maximum Gasteiger partial charge on any atom is 0.230 e. The first-order chi connectivity index (χ1) is 11.0. The van der Waals surface area contributed by atoms with Gasteiger partial charge in [-0.1, -0.05) is 53.1 Å². The Hall–Kier alpha value is -2.16. The van der Waals surface area contributed by atoms with Crippen molar-refractivity contribution in [2.24, 2.45) is 0 Å². The van der Waals surface area contributed by atoms with Gasteiger partial charge in [-0.25, -0.2) is 0 Å². The van der Waals surface area contributed by atoms with Crippen LogP contribution >= 0.6 is 0 Å². The third-order valence-electron chi connectivity index (χ3n) is 3.65. The van der Waals surface area contributed by atoms with Crippen molar-refractivity contribution >= 4 is 0 Å². The van der Waals surface area contributed by atoms with E-state index < -0.39 is 4.92 Å². The van der Waals surface area contributed by atoms with E-state index in [4.69, 9.17) is 0 Å². The lowest BCUT2D eigenvalue weighted by Gasteiger charge is -2.04. The monoisotopic (exact) mass is 313 g/mol. The van der Waals surface area contributed by atoms with E-state index in [1.54, 1.807) is 6.08 Å². The molecule has 1 rings (SSSR count). The summed E-state index contributed by atoms with van der Waals surface area (Å²) in [6, 6.07) is 8.64. The SMILES string of the molecule is C/C(=C\CC/C=C/[N+](=O)[O-])CC/C=C(\C)Cc1cccc(C)c1.